The molecule has 0 aliphatic rings. The van der Waals surface area contributed by atoms with E-state index in [2.05, 4.69) is 4.72 Å². The third-order valence-corrected chi connectivity index (χ3v) is 7.96. The monoisotopic (exact) mass is 418 g/mol. The van der Waals surface area contributed by atoms with Crippen molar-refractivity contribution in [3.8, 4) is 0 Å². The Balaban J connectivity index is 1.93. The van der Waals surface area contributed by atoms with Gasteiger partial charge >= 0.3 is 0 Å². The first-order valence-electron chi connectivity index (χ1n) is 8.90. The fourth-order valence-corrected chi connectivity index (χ4v) is 5.56. The molecular weight excluding hydrogens is 396 g/mol. The van der Waals surface area contributed by atoms with Crippen LogP contribution in [0, 0.1) is 0 Å². The van der Waals surface area contributed by atoms with Gasteiger partial charge in [0.25, 0.3) is 10.0 Å². The quantitative estimate of drug-likeness (QED) is 0.635. The molecule has 148 valence electrons. The first-order valence-corrected chi connectivity index (χ1v) is 11.8. The molecule has 0 heterocycles. The molecule has 3 aromatic rings. The highest BCUT2D eigenvalue weighted by molar-refractivity contribution is 7.92. The average Bonchev–Trinajstić information content (AvgIpc) is 2.69. The first kappa shape index (κ1) is 20.3. The van der Waals surface area contributed by atoms with Crippen LogP contribution in [-0.2, 0) is 20.0 Å². The van der Waals surface area contributed by atoms with Gasteiger partial charge in [-0.2, -0.15) is 4.31 Å². The summed E-state index contributed by atoms with van der Waals surface area (Å²) >= 11 is 0. The van der Waals surface area contributed by atoms with Gasteiger partial charge in [0.1, 0.15) is 0 Å². The van der Waals surface area contributed by atoms with Crippen LogP contribution in [0.25, 0.3) is 10.8 Å². The Hall–Kier alpha value is -2.42. The molecule has 0 aliphatic carbocycles. The molecule has 0 aliphatic heterocycles. The largest absolute Gasteiger partial charge is 0.279 e. The van der Waals surface area contributed by atoms with Gasteiger partial charge in [-0.3, -0.25) is 4.72 Å². The molecule has 0 bridgehead atoms. The highest BCUT2D eigenvalue weighted by Crippen LogP contribution is 2.26. The molecule has 3 rings (SSSR count). The van der Waals surface area contributed by atoms with Crippen LogP contribution >= 0.6 is 0 Å². The molecule has 6 nitrogen and oxygen atoms in total. The number of hydrogen-bond donors (Lipinski definition) is 1. The van der Waals surface area contributed by atoms with Gasteiger partial charge in [0.05, 0.1) is 15.5 Å². The van der Waals surface area contributed by atoms with Gasteiger partial charge in [0, 0.05) is 18.5 Å². The second kappa shape index (κ2) is 7.90. The minimum Gasteiger partial charge on any atom is -0.279 e. The Kier molecular flexibility index (Phi) is 5.74. The highest BCUT2D eigenvalue weighted by atomic mass is 32.2. The second-order valence-electron chi connectivity index (χ2n) is 6.19. The van der Waals surface area contributed by atoms with E-state index in [-0.39, 0.29) is 9.79 Å². The van der Waals surface area contributed by atoms with Crippen molar-refractivity contribution in [2.75, 3.05) is 17.8 Å². The molecule has 0 saturated carbocycles. The molecule has 0 fully saturated rings. The molecule has 1 N–H and O–H groups in total. The predicted molar refractivity (Wildman–Crippen MR) is 111 cm³/mol. The van der Waals surface area contributed by atoms with E-state index >= 15 is 0 Å². The van der Waals surface area contributed by atoms with Crippen LogP contribution in [0.3, 0.4) is 0 Å². The summed E-state index contributed by atoms with van der Waals surface area (Å²) in [6, 6.07) is 18.1. The lowest BCUT2D eigenvalue weighted by molar-refractivity contribution is 0.445. The van der Waals surface area contributed by atoms with Crippen molar-refractivity contribution in [3.05, 3.63) is 66.7 Å². The van der Waals surface area contributed by atoms with Crippen LogP contribution in [0.5, 0.6) is 0 Å². The fraction of sp³-hybridized carbons (Fsp3) is 0.200. The summed E-state index contributed by atoms with van der Waals surface area (Å²) in [5.74, 6) is 0. The van der Waals surface area contributed by atoms with Crippen molar-refractivity contribution in [1.29, 1.82) is 0 Å². The van der Waals surface area contributed by atoms with E-state index < -0.39 is 20.0 Å². The summed E-state index contributed by atoms with van der Waals surface area (Å²) < 4.78 is 54.6. The van der Waals surface area contributed by atoms with Gasteiger partial charge in [-0.1, -0.05) is 50.2 Å². The normalized spacial score (nSPS) is 12.4. The fourth-order valence-electron chi connectivity index (χ4n) is 3.02. The summed E-state index contributed by atoms with van der Waals surface area (Å²) in [7, 11) is -7.49. The Morgan fingerprint density at radius 2 is 1.32 bits per heavy atom. The van der Waals surface area contributed by atoms with Crippen LogP contribution in [-0.4, -0.2) is 34.2 Å². The molecule has 3 aromatic carbocycles. The number of hydrogen-bond acceptors (Lipinski definition) is 4. The zero-order chi connectivity index (χ0) is 20.4. The molecule has 8 heteroatoms. The van der Waals surface area contributed by atoms with Gasteiger partial charge in [-0.05, 0) is 35.7 Å². The van der Waals surface area contributed by atoms with E-state index in [0.717, 1.165) is 10.8 Å². The second-order valence-corrected chi connectivity index (χ2v) is 9.81. The zero-order valence-electron chi connectivity index (χ0n) is 15.7. The van der Waals surface area contributed by atoms with Crippen molar-refractivity contribution in [1.82, 2.24) is 4.31 Å². The van der Waals surface area contributed by atoms with Crippen LogP contribution in [0.1, 0.15) is 13.8 Å². The van der Waals surface area contributed by atoms with Crippen LogP contribution in [0.15, 0.2) is 76.5 Å². The number of sulfonamides is 2. The van der Waals surface area contributed by atoms with Gasteiger partial charge in [0.2, 0.25) is 10.0 Å². The summed E-state index contributed by atoms with van der Waals surface area (Å²) in [6.07, 6.45) is 0. The molecule has 0 spiro atoms. The van der Waals surface area contributed by atoms with Gasteiger partial charge in [0.15, 0.2) is 0 Å². The third-order valence-electron chi connectivity index (χ3n) is 4.51. The van der Waals surface area contributed by atoms with E-state index in [9.17, 15) is 16.8 Å². The maximum Gasteiger partial charge on any atom is 0.261 e. The first-order chi connectivity index (χ1) is 13.3. The number of anilines is 1. The number of rotatable bonds is 7. The molecule has 0 saturated heterocycles. The molecule has 0 aromatic heterocycles. The topological polar surface area (TPSA) is 83.6 Å². The summed E-state index contributed by atoms with van der Waals surface area (Å²) in [6.45, 7) is 4.21. The lowest BCUT2D eigenvalue weighted by Gasteiger charge is -2.18. The van der Waals surface area contributed by atoms with E-state index in [1.165, 1.54) is 28.6 Å². The minimum absolute atomic E-state index is 0.000990. The Bertz CT molecular complexity index is 1180. The smallest absolute Gasteiger partial charge is 0.261 e. The van der Waals surface area contributed by atoms with Gasteiger partial charge in [-0.25, -0.2) is 16.8 Å². The summed E-state index contributed by atoms with van der Waals surface area (Å²) in [4.78, 5) is 0.0687. The molecule has 0 radical (unpaired) electrons. The number of benzene rings is 3. The van der Waals surface area contributed by atoms with Crippen LogP contribution in [0.4, 0.5) is 5.69 Å². The van der Waals surface area contributed by atoms with Crippen LogP contribution < -0.4 is 4.72 Å². The third kappa shape index (κ3) is 3.89. The minimum atomic E-state index is -3.86. The van der Waals surface area contributed by atoms with E-state index in [4.69, 9.17) is 0 Å². The van der Waals surface area contributed by atoms with E-state index in [1.54, 1.807) is 26.0 Å². The van der Waals surface area contributed by atoms with Gasteiger partial charge < -0.3 is 0 Å². The van der Waals surface area contributed by atoms with Crippen molar-refractivity contribution >= 4 is 36.5 Å². The van der Waals surface area contributed by atoms with Crippen LogP contribution in [0.2, 0.25) is 0 Å². The molecular formula is C20H22N2O4S2. The zero-order valence-corrected chi connectivity index (χ0v) is 17.3. The predicted octanol–water partition coefficient (Wildman–Crippen LogP) is 3.67. The summed E-state index contributed by atoms with van der Waals surface area (Å²) in [5, 5.41) is 1.71. The highest BCUT2D eigenvalue weighted by Gasteiger charge is 2.23. The van der Waals surface area contributed by atoms with Gasteiger partial charge in [-0.15, -0.1) is 0 Å². The molecule has 0 unspecified atom stereocenters. The van der Waals surface area contributed by atoms with Crippen molar-refractivity contribution in [3.63, 3.8) is 0 Å². The Labute approximate surface area is 165 Å². The molecule has 0 amide bonds. The maximum absolute atomic E-state index is 12.8. The SMILES string of the molecule is CCN(CC)S(=O)(=O)c1ccc(S(=O)(=O)Nc2cccc3ccccc23)cc1. The standard InChI is InChI=1S/C20H22N2O4S2/c1-3-22(4-2)28(25,26)18-14-12-17(13-15-18)27(23,24)21-20-11-7-9-16-8-5-6-10-19(16)20/h5-15,21H,3-4H2,1-2H3. The maximum atomic E-state index is 12.8. The number of nitrogens with zero attached hydrogens (tertiary/aromatic N) is 1. The summed E-state index contributed by atoms with van der Waals surface area (Å²) in [5.41, 5.74) is 0.470. The van der Waals surface area contributed by atoms with E-state index in [0.29, 0.717) is 18.8 Å². The van der Waals surface area contributed by atoms with E-state index in [1.807, 2.05) is 30.3 Å². The van der Waals surface area contributed by atoms with Crippen molar-refractivity contribution in [2.24, 2.45) is 0 Å². The lowest BCUT2D eigenvalue weighted by atomic mass is 10.1. The Morgan fingerprint density at radius 3 is 1.96 bits per heavy atom. The molecule has 0 atom stereocenters. The van der Waals surface area contributed by atoms with Crippen molar-refractivity contribution in [2.45, 2.75) is 23.6 Å². The lowest BCUT2D eigenvalue weighted by Crippen LogP contribution is -2.30. The number of fused-ring (bicyclic) bond motifs is 1. The number of nitrogens with one attached hydrogen (secondary N) is 1. The molecule has 28 heavy (non-hydrogen) atoms. The average molecular weight is 419 g/mol. The Morgan fingerprint density at radius 1 is 0.750 bits per heavy atom. The van der Waals surface area contributed by atoms with Crippen molar-refractivity contribution < 1.29 is 16.8 Å².